The van der Waals surface area contributed by atoms with Crippen LogP contribution in [0.4, 0.5) is 5.82 Å². The third kappa shape index (κ3) is 2.12. The van der Waals surface area contributed by atoms with Crippen LogP contribution >= 0.6 is 11.8 Å². The predicted octanol–water partition coefficient (Wildman–Crippen LogP) is 1.34. The summed E-state index contributed by atoms with van der Waals surface area (Å²) in [5, 5.41) is 0. The molecule has 1 aromatic heterocycles. The fourth-order valence-electron chi connectivity index (χ4n) is 1.41. The van der Waals surface area contributed by atoms with Gasteiger partial charge >= 0.3 is 0 Å². The average Bonchev–Trinajstić information content (AvgIpc) is 2.19. The summed E-state index contributed by atoms with van der Waals surface area (Å²) in [6.07, 6.45) is 1.65. The third-order valence-electron chi connectivity index (χ3n) is 2.12. The molecule has 2 heterocycles. The van der Waals surface area contributed by atoms with Crippen molar-refractivity contribution in [3.8, 4) is 0 Å². The van der Waals surface area contributed by atoms with Crippen LogP contribution in [0.5, 0.6) is 0 Å². The fourth-order valence-corrected chi connectivity index (χ4v) is 2.31. The predicted molar refractivity (Wildman–Crippen MR) is 56.3 cm³/mol. The molecule has 0 aromatic carbocycles. The van der Waals surface area contributed by atoms with Crippen LogP contribution in [0.1, 0.15) is 5.69 Å². The Morgan fingerprint density at radius 3 is 2.77 bits per heavy atom. The van der Waals surface area contributed by atoms with Gasteiger partial charge in [-0.05, 0) is 6.92 Å². The van der Waals surface area contributed by atoms with Crippen LogP contribution in [0.3, 0.4) is 0 Å². The van der Waals surface area contributed by atoms with Gasteiger partial charge in [0.1, 0.15) is 12.1 Å². The SMILES string of the molecule is Cc1cc(N2CCSCC2)ncn1. The molecule has 1 aliphatic heterocycles. The highest BCUT2D eigenvalue weighted by molar-refractivity contribution is 7.99. The van der Waals surface area contributed by atoms with E-state index in [4.69, 9.17) is 0 Å². The van der Waals surface area contributed by atoms with Crippen molar-refractivity contribution in [3.63, 3.8) is 0 Å². The molecule has 0 unspecified atom stereocenters. The molecule has 70 valence electrons. The first-order valence-corrected chi connectivity index (χ1v) is 5.63. The van der Waals surface area contributed by atoms with Crippen LogP contribution in [-0.4, -0.2) is 34.6 Å². The van der Waals surface area contributed by atoms with Gasteiger partial charge in [0.25, 0.3) is 0 Å². The van der Waals surface area contributed by atoms with E-state index in [1.165, 1.54) is 11.5 Å². The highest BCUT2D eigenvalue weighted by Gasteiger charge is 2.11. The first-order chi connectivity index (χ1) is 6.36. The Morgan fingerprint density at radius 1 is 1.31 bits per heavy atom. The van der Waals surface area contributed by atoms with Crippen molar-refractivity contribution in [2.24, 2.45) is 0 Å². The zero-order chi connectivity index (χ0) is 9.10. The molecule has 0 spiro atoms. The topological polar surface area (TPSA) is 29.0 Å². The first kappa shape index (κ1) is 8.81. The molecule has 0 amide bonds. The molecule has 0 aliphatic carbocycles. The molecular formula is C9H13N3S. The van der Waals surface area contributed by atoms with E-state index in [0.717, 1.165) is 24.6 Å². The normalized spacial score (nSPS) is 17.5. The quantitative estimate of drug-likeness (QED) is 0.676. The summed E-state index contributed by atoms with van der Waals surface area (Å²) in [7, 11) is 0. The Hall–Kier alpha value is -0.770. The number of hydrogen-bond donors (Lipinski definition) is 0. The second kappa shape index (κ2) is 3.96. The van der Waals surface area contributed by atoms with Gasteiger partial charge in [0, 0.05) is 36.4 Å². The maximum absolute atomic E-state index is 4.27. The molecule has 3 nitrogen and oxygen atoms in total. The highest BCUT2D eigenvalue weighted by atomic mass is 32.2. The van der Waals surface area contributed by atoms with Gasteiger partial charge in [-0.1, -0.05) is 0 Å². The van der Waals surface area contributed by atoms with Gasteiger partial charge in [0.15, 0.2) is 0 Å². The lowest BCUT2D eigenvalue weighted by molar-refractivity contribution is 0.832. The monoisotopic (exact) mass is 195 g/mol. The van der Waals surface area contributed by atoms with E-state index >= 15 is 0 Å². The number of anilines is 1. The Bertz CT molecular complexity index is 284. The fraction of sp³-hybridized carbons (Fsp3) is 0.556. The van der Waals surface area contributed by atoms with E-state index < -0.39 is 0 Å². The van der Waals surface area contributed by atoms with Crippen LogP contribution < -0.4 is 4.90 Å². The molecule has 0 atom stereocenters. The smallest absolute Gasteiger partial charge is 0.132 e. The van der Waals surface area contributed by atoms with Gasteiger partial charge in [-0.15, -0.1) is 0 Å². The molecule has 13 heavy (non-hydrogen) atoms. The summed E-state index contributed by atoms with van der Waals surface area (Å²) < 4.78 is 0. The molecular weight excluding hydrogens is 182 g/mol. The molecule has 0 saturated carbocycles. The van der Waals surface area contributed by atoms with Crippen LogP contribution in [0, 0.1) is 6.92 Å². The van der Waals surface area contributed by atoms with Crippen LogP contribution in [0.25, 0.3) is 0 Å². The van der Waals surface area contributed by atoms with Crippen molar-refractivity contribution in [2.45, 2.75) is 6.92 Å². The zero-order valence-electron chi connectivity index (χ0n) is 7.73. The minimum atomic E-state index is 1.04. The standard InChI is InChI=1S/C9H13N3S/c1-8-6-9(11-7-10-8)12-2-4-13-5-3-12/h6-7H,2-5H2,1H3. The Morgan fingerprint density at radius 2 is 2.08 bits per heavy atom. The summed E-state index contributed by atoms with van der Waals surface area (Å²) in [4.78, 5) is 10.7. The molecule has 1 aliphatic rings. The maximum Gasteiger partial charge on any atom is 0.132 e. The van der Waals surface area contributed by atoms with Gasteiger partial charge in [0.2, 0.25) is 0 Å². The van der Waals surface area contributed by atoms with Gasteiger partial charge in [-0.3, -0.25) is 0 Å². The van der Waals surface area contributed by atoms with Gasteiger partial charge in [0.05, 0.1) is 0 Å². The average molecular weight is 195 g/mol. The lowest BCUT2D eigenvalue weighted by Gasteiger charge is -2.27. The van der Waals surface area contributed by atoms with E-state index in [1.807, 2.05) is 18.7 Å². The Kier molecular flexibility index (Phi) is 2.68. The second-order valence-electron chi connectivity index (χ2n) is 3.12. The summed E-state index contributed by atoms with van der Waals surface area (Å²) in [5.41, 5.74) is 1.04. The van der Waals surface area contributed by atoms with E-state index in [0.29, 0.717) is 0 Å². The lowest BCUT2D eigenvalue weighted by atomic mass is 10.4. The lowest BCUT2D eigenvalue weighted by Crippen LogP contribution is -2.33. The largest absolute Gasteiger partial charge is 0.355 e. The van der Waals surface area contributed by atoms with Crippen molar-refractivity contribution in [3.05, 3.63) is 18.1 Å². The van der Waals surface area contributed by atoms with E-state index in [-0.39, 0.29) is 0 Å². The number of aromatic nitrogens is 2. The summed E-state index contributed by atoms with van der Waals surface area (Å²) in [6, 6.07) is 2.05. The van der Waals surface area contributed by atoms with Crippen molar-refractivity contribution in [1.29, 1.82) is 0 Å². The van der Waals surface area contributed by atoms with E-state index in [2.05, 4.69) is 20.9 Å². The first-order valence-electron chi connectivity index (χ1n) is 4.47. The Labute approximate surface area is 82.6 Å². The van der Waals surface area contributed by atoms with Gasteiger partial charge in [-0.25, -0.2) is 9.97 Å². The van der Waals surface area contributed by atoms with E-state index in [9.17, 15) is 0 Å². The summed E-state index contributed by atoms with van der Waals surface area (Å²) in [6.45, 7) is 4.23. The van der Waals surface area contributed by atoms with Gasteiger partial charge in [-0.2, -0.15) is 11.8 Å². The van der Waals surface area contributed by atoms with Crippen LogP contribution in [0.15, 0.2) is 12.4 Å². The summed E-state index contributed by atoms with van der Waals surface area (Å²) in [5.74, 6) is 3.50. The number of thioether (sulfide) groups is 1. The second-order valence-corrected chi connectivity index (χ2v) is 4.34. The maximum atomic E-state index is 4.27. The van der Waals surface area contributed by atoms with Crippen LogP contribution in [0.2, 0.25) is 0 Å². The molecule has 4 heteroatoms. The van der Waals surface area contributed by atoms with Crippen molar-refractivity contribution < 1.29 is 0 Å². The number of aryl methyl sites for hydroxylation is 1. The molecule has 1 fully saturated rings. The number of hydrogen-bond acceptors (Lipinski definition) is 4. The van der Waals surface area contributed by atoms with Crippen molar-refractivity contribution in [2.75, 3.05) is 29.5 Å². The minimum Gasteiger partial charge on any atom is -0.355 e. The highest BCUT2D eigenvalue weighted by Crippen LogP contribution is 2.16. The van der Waals surface area contributed by atoms with Crippen molar-refractivity contribution >= 4 is 17.6 Å². The van der Waals surface area contributed by atoms with E-state index in [1.54, 1.807) is 6.33 Å². The number of nitrogens with zero attached hydrogens (tertiary/aromatic N) is 3. The zero-order valence-corrected chi connectivity index (χ0v) is 8.55. The van der Waals surface area contributed by atoms with Crippen LogP contribution in [-0.2, 0) is 0 Å². The molecule has 2 rings (SSSR count). The third-order valence-corrected chi connectivity index (χ3v) is 3.07. The van der Waals surface area contributed by atoms with Gasteiger partial charge < -0.3 is 4.90 Å². The Balaban J connectivity index is 2.14. The van der Waals surface area contributed by atoms with Crippen molar-refractivity contribution in [1.82, 2.24) is 9.97 Å². The minimum absolute atomic E-state index is 1.04. The molecule has 0 N–H and O–H groups in total. The molecule has 1 aromatic rings. The summed E-state index contributed by atoms with van der Waals surface area (Å²) >= 11 is 2.01. The molecule has 0 bridgehead atoms. The molecule has 1 saturated heterocycles. The number of rotatable bonds is 1. The molecule has 0 radical (unpaired) electrons.